The number of nitrogens with one attached hydrogen (secondary N) is 1. The van der Waals surface area contributed by atoms with E-state index in [-0.39, 0.29) is 36.6 Å². The van der Waals surface area contributed by atoms with E-state index in [0.29, 0.717) is 26.1 Å². The van der Waals surface area contributed by atoms with Gasteiger partial charge in [-0.3, -0.25) is 9.59 Å². The summed E-state index contributed by atoms with van der Waals surface area (Å²) in [4.78, 5) is 26.1. The summed E-state index contributed by atoms with van der Waals surface area (Å²) < 4.78 is 12.9. The van der Waals surface area contributed by atoms with Gasteiger partial charge in [-0.25, -0.2) is 4.39 Å². The first-order valence-electron chi connectivity index (χ1n) is 8.01. The lowest BCUT2D eigenvalue weighted by Crippen LogP contribution is -2.46. The molecule has 0 radical (unpaired) electrons. The maximum Gasteiger partial charge on any atom is 0.227 e. The highest BCUT2D eigenvalue weighted by molar-refractivity contribution is 5.82. The molecule has 0 aromatic heterocycles. The van der Waals surface area contributed by atoms with Gasteiger partial charge in [0, 0.05) is 26.2 Å². The van der Waals surface area contributed by atoms with Gasteiger partial charge in [-0.1, -0.05) is 12.1 Å². The van der Waals surface area contributed by atoms with Gasteiger partial charge in [-0.2, -0.15) is 0 Å². The number of likely N-dealkylation sites (tertiary alicyclic amines) is 1. The summed E-state index contributed by atoms with van der Waals surface area (Å²) in [7, 11) is 0. The highest BCUT2D eigenvalue weighted by Gasteiger charge is 2.28. The lowest BCUT2D eigenvalue weighted by Gasteiger charge is -2.32. The molecular weight excluding hydrogens is 299 g/mol. The molecule has 2 N–H and O–H groups in total. The molecule has 2 rings (SSSR count). The molecule has 0 bridgehead atoms. The maximum atomic E-state index is 12.9. The molecule has 1 unspecified atom stereocenters. The van der Waals surface area contributed by atoms with Crippen molar-refractivity contribution in [3.05, 3.63) is 35.6 Å². The Morgan fingerprint density at radius 1 is 1.30 bits per heavy atom. The number of carbonyl (C=O) groups excluding carboxylic acids is 2. The maximum absolute atomic E-state index is 12.9. The molecule has 1 aromatic rings. The Kier molecular flexibility index (Phi) is 6.52. The number of hydrogen-bond acceptors (Lipinski definition) is 3. The van der Waals surface area contributed by atoms with Gasteiger partial charge in [0.05, 0.1) is 12.3 Å². The lowest BCUT2D eigenvalue weighted by molar-refractivity contribution is -0.135. The third kappa shape index (κ3) is 5.32. The van der Waals surface area contributed by atoms with E-state index in [1.807, 2.05) is 0 Å². The smallest absolute Gasteiger partial charge is 0.227 e. The van der Waals surface area contributed by atoms with Crippen molar-refractivity contribution in [3.8, 4) is 0 Å². The zero-order valence-electron chi connectivity index (χ0n) is 13.1. The van der Waals surface area contributed by atoms with E-state index in [0.717, 1.165) is 18.4 Å². The Morgan fingerprint density at radius 3 is 2.74 bits per heavy atom. The molecule has 1 aliphatic heterocycles. The van der Waals surface area contributed by atoms with Crippen molar-refractivity contribution >= 4 is 11.8 Å². The fourth-order valence-corrected chi connectivity index (χ4v) is 2.74. The number of benzene rings is 1. The molecule has 23 heavy (non-hydrogen) atoms. The van der Waals surface area contributed by atoms with Gasteiger partial charge < -0.3 is 15.3 Å². The SMILES string of the molecule is O=C(NCCCO)C1CCCN(C(=O)Cc2ccc(F)cc2)C1. The fraction of sp³-hybridized carbons (Fsp3) is 0.529. The van der Waals surface area contributed by atoms with Crippen molar-refractivity contribution in [3.63, 3.8) is 0 Å². The van der Waals surface area contributed by atoms with Crippen LogP contribution in [-0.4, -0.2) is 48.1 Å². The zero-order chi connectivity index (χ0) is 16.7. The third-order valence-corrected chi connectivity index (χ3v) is 4.05. The minimum Gasteiger partial charge on any atom is -0.396 e. The molecule has 0 saturated carbocycles. The van der Waals surface area contributed by atoms with Crippen LogP contribution in [0.3, 0.4) is 0 Å². The second-order valence-electron chi connectivity index (χ2n) is 5.85. The Balaban J connectivity index is 1.85. The highest BCUT2D eigenvalue weighted by Crippen LogP contribution is 2.18. The topological polar surface area (TPSA) is 69.6 Å². The van der Waals surface area contributed by atoms with Crippen molar-refractivity contribution in [2.75, 3.05) is 26.2 Å². The third-order valence-electron chi connectivity index (χ3n) is 4.05. The first kappa shape index (κ1) is 17.4. The molecule has 1 aromatic carbocycles. The van der Waals surface area contributed by atoms with Crippen LogP contribution in [0.15, 0.2) is 24.3 Å². The molecule has 1 saturated heterocycles. The van der Waals surface area contributed by atoms with Crippen LogP contribution < -0.4 is 5.32 Å². The largest absolute Gasteiger partial charge is 0.396 e. The lowest BCUT2D eigenvalue weighted by atomic mass is 9.96. The number of halogens is 1. The second kappa shape index (κ2) is 8.62. The average Bonchev–Trinajstić information content (AvgIpc) is 2.57. The van der Waals surface area contributed by atoms with Crippen molar-refractivity contribution < 1.29 is 19.1 Å². The van der Waals surface area contributed by atoms with Crippen molar-refractivity contribution in [2.24, 2.45) is 5.92 Å². The summed E-state index contributed by atoms with van der Waals surface area (Å²) in [6.07, 6.45) is 2.32. The number of aliphatic hydroxyl groups is 1. The molecule has 6 heteroatoms. The fourth-order valence-electron chi connectivity index (χ4n) is 2.74. The van der Waals surface area contributed by atoms with E-state index in [9.17, 15) is 14.0 Å². The summed E-state index contributed by atoms with van der Waals surface area (Å²) in [6.45, 7) is 1.58. The molecule has 0 spiro atoms. The summed E-state index contributed by atoms with van der Waals surface area (Å²) in [5, 5.41) is 11.5. The first-order chi connectivity index (χ1) is 11.1. The number of piperidine rings is 1. The second-order valence-corrected chi connectivity index (χ2v) is 5.85. The number of rotatable bonds is 6. The molecule has 1 aliphatic rings. The van der Waals surface area contributed by atoms with Crippen LogP contribution in [-0.2, 0) is 16.0 Å². The average molecular weight is 322 g/mol. The van der Waals surface area contributed by atoms with Gasteiger partial charge in [0.25, 0.3) is 0 Å². The summed E-state index contributed by atoms with van der Waals surface area (Å²) >= 11 is 0. The Morgan fingerprint density at radius 2 is 2.04 bits per heavy atom. The van der Waals surface area contributed by atoms with Gasteiger partial charge in [0.2, 0.25) is 11.8 Å². The van der Waals surface area contributed by atoms with E-state index < -0.39 is 0 Å². The Hall–Kier alpha value is -1.95. The van der Waals surface area contributed by atoms with Gasteiger partial charge >= 0.3 is 0 Å². The molecule has 0 aliphatic carbocycles. The number of amides is 2. The van der Waals surface area contributed by atoms with Crippen LogP contribution in [0.1, 0.15) is 24.8 Å². The summed E-state index contributed by atoms with van der Waals surface area (Å²) in [5.74, 6) is -0.611. The van der Waals surface area contributed by atoms with Crippen molar-refractivity contribution in [1.29, 1.82) is 0 Å². The van der Waals surface area contributed by atoms with Crippen molar-refractivity contribution in [2.45, 2.75) is 25.7 Å². The molecular formula is C17H23FN2O3. The van der Waals surface area contributed by atoms with E-state index in [4.69, 9.17) is 5.11 Å². The van der Waals surface area contributed by atoms with Gasteiger partial charge in [-0.05, 0) is 37.0 Å². The highest BCUT2D eigenvalue weighted by atomic mass is 19.1. The molecule has 1 heterocycles. The molecule has 126 valence electrons. The Bertz CT molecular complexity index is 533. The molecule has 5 nitrogen and oxygen atoms in total. The van der Waals surface area contributed by atoms with Crippen LogP contribution in [0, 0.1) is 11.7 Å². The number of nitrogens with zero attached hydrogens (tertiary/aromatic N) is 1. The predicted octanol–water partition coefficient (Wildman–Crippen LogP) is 1.11. The summed E-state index contributed by atoms with van der Waals surface area (Å²) in [5.41, 5.74) is 0.769. The number of carbonyl (C=O) groups is 2. The normalized spacial score (nSPS) is 17.8. The van der Waals surface area contributed by atoms with Crippen LogP contribution in [0.5, 0.6) is 0 Å². The van der Waals surface area contributed by atoms with E-state index in [2.05, 4.69) is 5.32 Å². The van der Waals surface area contributed by atoms with E-state index >= 15 is 0 Å². The molecule has 1 fully saturated rings. The quantitative estimate of drug-likeness (QED) is 0.771. The van der Waals surface area contributed by atoms with E-state index in [1.54, 1.807) is 17.0 Å². The van der Waals surface area contributed by atoms with Crippen LogP contribution in [0.4, 0.5) is 4.39 Å². The van der Waals surface area contributed by atoms with Gasteiger partial charge in [-0.15, -0.1) is 0 Å². The Labute approximate surface area is 135 Å². The molecule has 1 atom stereocenters. The standard InChI is InChI=1S/C17H23FN2O3/c18-15-6-4-13(5-7-15)11-16(22)20-9-1-3-14(12-20)17(23)19-8-2-10-21/h4-7,14,21H,1-3,8-12H2,(H,19,23). The van der Waals surface area contributed by atoms with E-state index in [1.165, 1.54) is 12.1 Å². The zero-order valence-corrected chi connectivity index (χ0v) is 13.1. The van der Waals surface area contributed by atoms with Gasteiger partial charge in [0.1, 0.15) is 5.82 Å². The minimum absolute atomic E-state index is 0.0375. The number of hydrogen-bond donors (Lipinski definition) is 2. The minimum atomic E-state index is -0.321. The van der Waals surface area contributed by atoms with Gasteiger partial charge in [0.15, 0.2) is 0 Å². The van der Waals surface area contributed by atoms with Crippen LogP contribution in [0.25, 0.3) is 0 Å². The molecule has 2 amide bonds. The van der Waals surface area contributed by atoms with Crippen LogP contribution in [0.2, 0.25) is 0 Å². The van der Waals surface area contributed by atoms with Crippen molar-refractivity contribution in [1.82, 2.24) is 10.2 Å². The summed E-state index contributed by atoms with van der Waals surface area (Å²) in [6, 6.07) is 5.90. The predicted molar refractivity (Wildman–Crippen MR) is 84.1 cm³/mol. The monoisotopic (exact) mass is 322 g/mol. The van der Waals surface area contributed by atoms with Crippen LogP contribution >= 0.6 is 0 Å². The first-order valence-corrected chi connectivity index (χ1v) is 8.01. The number of aliphatic hydroxyl groups excluding tert-OH is 1.